The first-order valence-corrected chi connectivity index (χ1v) is 7.01. The van der Waals surface area contributed by atoms with Crippen molar-refractivity contribution in [3.8, 4) is 0 Å². The molecular weight excluding hydrogens is 248 g/mol. The predicted octanol–water partition coefficient (Wildman–Crippen LogP) is 2.02. The lowest BCUT2D eigenvalue weighted by atomic mass is 10.4. The molecule has 2 aromatic rings. The van der Waals surface area contributed by atoms with E-state index in [9.17, 15) is 0 Å². The fourth-order valence-electron chi connectivity index (χ4n) is 1.72. The molecule has 6 heteroatoms. The molecule has 0 unspecified atom stereocenters. The molecule has 0 atom stereocenters. The Morgan fingerprint density at radius 3 is 3.11 bits per heavy atom. The van der Waals surface area contributed by atoms with Crippen LogP contribution >= 0.6 is 11.3 Å². The molecule has 2 heterocycles. The summed E-state index contributed by atoms with van der Waals surface area (Å²) in [4.78, 5) is 10.7. The number of nitrogens with zero attached hydrogens (tertiary/aromatic N) is 3. The van der Waals surface area contributed by atoms with Gasteiger partial charge >= 0.3 is 0 Å². The van der Waals surface area contributed by atoms with Crippen molar-refractivity contribution in [2.75, 3.05) is 11.9 Å². The average molecular weight is 264 g/mol. The number of oxazole rings is 1. The van der Waals surface area contributed by atoms with Gasteiger partial charge in [-0.15, -0.1) is 11.3 Å². The smallest absolute Gasteiger partial charge is 0.297 e. The van der Waals surface area contributed by atoms with E-state index in [2.05, 4.69) is 15.3 Å². The molecule has 2 aromatic heterocycles. The molecule has 0 bridgehead atoms. The zero-order valence-corrected chi connectivity index (χ0v) is 11.1. The first-order chi connectivity index (χ1) is 8.81. The SMILES string of the molecule is CN(Cc1cscn1)c1nc(CNC2CC2)co1. The van der Waals surface area contributed by atoms with Crippen LogP contribution in [-0.4, -0.2) is 23.1 Å². The standard InChI is InChI=1S/C12H16N4OS/c1-16(5-11-7-18-8-14-11)12-15-10(6-17-12)4-13-9-2-3-9/h6-9,13H,2-5H2,1H3. The van der Waals surface area contributed by atoms with Gasteiger partial charge in [0.2, 0.25) is 0 Å². The topological polar surface area (TPSA) is 54.2 Å². The molecule has 0 aromatic carbocycles. The molecule has 1 fully saturated rings. The largest absolute Gasteiger partial charge is 0.432 e. The zero-order chi connectivity index (χ0) is 12.4. The maximum Gasteiger partial charge on any atom is 0.297 e. The van der Waals surface area contributed by atoms with Crippen LogP contribution in [-0.2, 0) is 13.1 Å². The van der Waals surface area contributed by atoms with Gasteiger partial charge in [0.15, 0.2) is 0 Å². The van der Waals surface area contributed by atoms with Gasteiger partial charge in [0.25, 0.3) is 6.01 Å². The summed E-state index contributed by atoms with van der Waals surface area (Å²) in [5.41, 5.74) is 3.84. The highest BCUT2D eigenvalue weighted by molar-refractivity contribution is 7.07. The minimum absolute atomic E-state index is 0.649. The predicted molar refractivity (Wildman–Crippen MR) is 70.6 cm³/mol. The molecule has 0 saturated heterocycles. The van der Waals surface area contributed by atoms with Crippen molar-refractivity contribution < 1.29 is 4.42 Å². The van der Waals surface area contributed by atoms with Gasteiger partial charge < -0.3 is 14.6 Å². The molecule has 0 spiro atoms. The zero-order valence-electron chi connectivity index (χ0n) is 10.3. The second-order valence-corrected chi connectivity index (χ2v) is 5.33. The number of rotatable bonds is 6. The van der Waals surface area contributed by atoms with Gasteiger partial charge in [-0.1, -0.05) is 0 Å². The van der Waals surface area contributed by atoms with Crippen LogP contribution in [0.2, 0.25) is 0 Å². The minimum atomic E-state index is 0.649. The highest BCUT2D eigenvalue weighted by atomic mass is 32.1. The molecule has 0 amide bonds. The number of anilines is 1. The number of hydrogen-bond donors (Lipinski definition) is 1. The van der Waals surface area contributed by atoms with Crippen molar-refractivity contribution in [3.05, 3.63) is 28.5 Å². The van der Waals surface area contributed by atoms with Crippen LogP contribution in [0.15, 0.2) is 21.6 Å². The van der Waals surface area contributed by atoms with Crippen molar-refractivity contribution >= 4 is 17.4 Å². The van der Waals surface area contributed by atoms with E-state index in [-0.39, 0.29) is 0 Å². The molecule has 0 aliphatic heterocycles. The highest BCUT2D eigenvalue weighted by Gasteiger charge is 2.20. The van der Waals surface area contributed by atoms with Crippen LogP contribution in [0.4, 0.5) is 6.01 Å². The summed E-state index contributed by atoms with van der Waals surface area (Å²) in [5.74, 6) is 0. The van der Waals surface area contributed by atoms with E-state index >= 15 is 0 Å². The Hall–Kier alpha value is -1.40. The van der Waals surface area contributed by atoms with Crippen molar-refractivity contribution in [1.29, 1.82) is 0 Å². The van der Waals surface area contributed by atoms with Crippen molar-refractivity contribution in [3.63, 3.8) is 0 Å². The molecule has 1 saturated carbocycles. The molecule has 1 aliphatic carbocycles. The van der Waals surface area contributed by atoms with Gasteiger partial charge in [0.1, 0.15) is 6.26 Å². The summed E-state index contributed by atoms with van der Waals surface area (Å²) in [6, 6.07) is 1.34. The van der Waals surface area contributed by atoms with Crippen LogP contribution in [0.5, 0.6) is 0 Å². The Labute approximate surface area is 110 Å². The second kappa shape index (κ2) is 5.07. The normalized spacial score (nSPS) is 14.9. The number of hydrogen-bond acceptors (Lipinski definition) is 6. The molecule has 3 rings (SSSR count). The summed E-state index contributed by atoms with van der Waals surface area (Å²) >= 11 is 1.60. The van der Waals surface area contributed by atoms with Crippen LogP contribution in [0, 0.1) is 0 Å². The minimum Gasteiger partial charge on any atom is -0.432 e. The first kappa shape index (κ1) is 11.7. The Morgan fingerprint density at radius 1 is 1.50 bits per heavy atom. The third-order valence-corrected chi connectivity index (χ3v) is 3.53. The van der Waals surface area contributed by atoms with Gasteiger partial charge in [0.05, 0.1) is 23.4 Å². The Balaban J connectivity index is 1.57. The average Bonchev–Trinajstić information content (AvgIpc) is 2.88. The maximum atomic E-state index is 5.48. The van der Waals surface area contributed by atoms with E-state index in [1.807, 2.05) is 22.8 Å². The van der Waals surface area contributed by atoms with E-state index in [0.29, 0.717) is 12.1 Å². The first-order valence-electron chi connectivity index (χ1n) is 6.07. The second-order valence-electron chi connectivity index (χ2n) is 4.61. The summed E-state index contributed by atoms with van der Waals surface area (Å²) in [5, 5.41) is 5.46. The third kappa shape index (κ3) is 2.88. The molecule has 5 nitrogen and oxygen atoms in total. The summed E-state index contributed by atoms with van der Waals surface area (Å²) < 4.78 is 5.48. The summed E-state index contributed by atoms with van der Waals surface area (Å²) in [6.45, 7) is 1.51. The number of aromatic nitrogens is 2. The Morgan fingerprint density at radius 2 is 2.39 bits per heavy atom. The lowest BCUT2D eigenvalue weighted by Crippen LogP contribution is -2.18. The van der Waals surface area contributed by atoms with Gasteiger partial charge in [-0.3, -0.25) is 0 Å². The molecule has 1 aliphatic rings. The van der Waals surface area contributed by atoms with Crippen molar-refractivity contribution in [1.82, 2.24) is 15.3 Å². The number of thiazole rings is 1. The molecule has 96 valence electrons. The monoisotopic (exact) mass is 264 g/mol. The fraction of sp³-hybridized carbons (Fsp3) is 0.500. The van der Waals surface area contributed by atoms with E-state index in [0.717, 1.165) is 24.5 Å². The Bertz CT molecular complexity index is 492. The number of nitrogens with one attached hydrogen (secondary N) is 1. The van der Waals surface area contributed by atoms with Crippen LogP contribution in [0.25, 0.3) is 0 Å². The van der Waals surface area contributed by atoms with Gasteiger partial charge in [-0.25, -0.2) is 4.98 Å². The van der Waals surface area contributed by atoms with Crippen LogP contribution in [0.3, 0.4) is 0 Å². The quantitative estimate of drug-likeness (QED) is 0.865. The van der Waals surface area contributed by atoms with Crippen LogP contribution in [0.1, 0.15) is 24.2 Å². The fourth-order valence-corrected chi connectivity index (χ4v) is 2.26. The molecule has 18 heavy (non-hydrogen) atoms. The van der Waals surface area contributed by atoms with E-state index in [1.54, 1.807) is 17.6 Å². The highest BCUT2D eigenvalue weighted by Crippen LogP contribution is 2.20. The van der Waals surface area contributed by atoms with Crippen molar-refractivity contribution in [2.45, 2.75) is 32.0 Å². The van der Waals surface area contributed by atoms with E-state index < -0.39 is 0 Å². The summed E-state index contributed by atoms with van der Waals surface area (Å²) in [7, 11) is 1.96. The van der Waals surface area contributed by atoms with Gasteiger partial charge in [-0.2, -0.15) is 4.98 Å². The van der Waals surface area contributed by atoms with Gasteiger partial charge in [0, 0.05) is 25.0 Å². The van der Waals surface area contributed by atoms with Crippen LogP contribution < -0.4 is 10.2 Å². The van der Waals surface area contributed by atoms with Crippen molar-refractivity contribution in [2.24, 2.45) is 0 Å². The van der Waals surface area contributed by atoms with E-state index in [4.69, 9.17) is 4.42 Å². The third-order valence-electron chi connectivity index (χ3n) is 2.90. The molecule has 0 radical (unpaired) electrons. The van der Waals surface area contributed by atoms with E-state index in [1.165, 1.54) is 12.8 Å². The summed E-state index contributed by atoms with van der Waals surface area (Å²) in [6.07, 6.45) is 4.30. The lowest BCUT2D eigenvalue weighted by Gasteiger charge is -2.11. The Kier molecular flexibility index (Phi) is 3.29. The van der Waals surface area contributed by atoms with Gasteiger partial charge in [-0.05, 0) is 12.8 Å². The molecular formula is C12H16N4OS. The lowest BCUT2D eigenvalue weighted by molar-refractivity contribution is 0.541. The molecule has 1 N–H and O–H groups in total. The maximum absolute atomic E-state index is 5.48.